The van der Waals surface area contributed by atoms with Crippen LogP contribution in [-0.4, -0.2) is 18.5 Å². The van der Waals surface area contributed by atoms with Gasteiger partial charge >= 0.3 is 5.97 Å². The van der Waals surface area contributed by atoms with Gasteiger partial charge in [0, 0.05) is 5.69 Å². The normalized spacial score (nSPS) is 11.7. The largest absolute Gasteiger partial charge is 0.455 e. The van der Waals surface area contributed by atoms with Crippen LogP contribution in [-0.2, 0) is 14.3 Å². The molecular formula is C26H27NO3. The third kappa shape index (κ3) is 5.35. The molecule has 3 aromatic rings. The van der Waals surface area contributed by atoms with Crippen molar-refractivity contribution < 1.29 is 14.3 Å². The number of esters is 1. The summed E-state index contributed by atoms with van der Waals surface area (Å²) < 4.78 is 5.42. The number of nitrogens with one attached hydrogen (secondary N) is 1. The Morgan fingerprint density at radius 3 is 1.93 bits per heavy atom. The van der Waals surface area contributed by atoms with Crippen LogP contribution in [0.1, 0.15) is 48.8 Å². The number of hydrogen-bond donors (Lipinski definition) is 1. The lowest BCUT2D eigenvalue weighted by Crippen LogP contribution is -2.25. The van der Waals surface area contributed by atoms with E-state index in [0.29, 0.717) is 5.92 Å². The lowest BCUT2D eigenvalue weighted by Gasteiger charge is -2.18. The number of rotatable bonds is 8. The van der Waals surface area contributed by atoms with Crippen molar-refractivity contribution in [3.63, 3.8) is 0 Å². The van der Waals surface area contributed by atoms with Crippen molar-refractivity contribution in [2.75, 3.05) is 11.9 Å². The van der Waals surface area contributed by atoms with Crippen molar-refractivity contribution in [2.24, 2.45) is 0 Å². The van der Waals surface area contributed by atoms with Gasteiger partial charge in [-0.2, -0.15) is 0 Å². The van der Waals surface area contributed by atoms with Gasteiger partial charge in [-0.25, -0.2) is 0 Å². The number of ether oxygens (including phenoxy) is 1. The van der Waals surface area contributed by atoms with E-state index in [1.165, 1.54) is 0 Å². The topological polar surface area (TPSA) is 55.4 Å². The maximum absolute atomic E-state index is 12.9. The lowest BCUT2D eigenvalue weighted by molar-refractivity contribution is -0.147. The summed E-state index contributed by atoms with van der Waals surface area (Å²) in [4.78, 5) is 25.4. The molecule has 0 radical (unpaired) electrons. The van der Waals surface area contributed by atoms with E-state index in [2.05, 4.69) is 19.2 Å². The van der Waals surface area contributed by atoms with Crippen LogP contribution in [0.4, 0.5) is 5.69 Å². The molecule has 3 aromatic carbocycles. The fourth-order valence-electron chi connectivity index (χ4n) is 3.42. The zero-order chi connectivity index (χ0) is 21.3. The quantitative estimate of drug-likeness (QED) is 0.506. The molecule has 0 aliphatic rings. The minimum atomic E-state index is -0.576. The number of anilines is 1. The van der Waals surface area contributed by atoms with E-state index in [1.807, 2.05) is 84.9 Å². The van der Waals surface area contributed by atoms with Gasteiger partial charge in [0.2, 0.25) is 0 Å². The van der Waals surface area contributed by atoms with Crippen LogP contribution in [0.25, 0.3) is 0 Å². The number of amides is 1. The van der Waals surface area contributed by atoms with E-state index in [9.17, 15) is 9.59 Å². The highest BCUT2D eigenvalue weighted by atomic mass is 16.5. The van der Waals surface area contributed by atoms with Crippen LogP contribution in [0, 0.1) is 0 Å². The van der Waals surface area contributed by atoms with Crippen LogP contribution in [0.15, 0.2) is 84.9 Å². The predicted octanol–water partition coefficient (Wildman–Crippen LogP) is 5.51. The summed E-state index contributed by atoms with van der Waals surface area (Å²) in [6.45, 7) is 3.90. The SMILES string of the molecule is CCC(C)c1ccccc1NC(=O)COC(=O)C(c1ccccc1)c1ccccc1. The van der Waals surface area contributed by atoms with Crippen LogP contribution >= 0.6 is 0 Å². The Morgan fingerprint density at radius 1 is 0.833 bits per heavy atom. The molecular weight excluding hydrogens is 374 g/mol. The van der Waals surface area contributed by atoms with Gasteiger partial charge in [0.1, 0.15) is 5.92 Å². The second kappa shape index (κ2) is 10.4. The minimum Gasteiger partial charge on any atom is -0.455 e. The van der Waals surface area contributed by atoms with Gasteiger partial charge in [-0.15, -0.1) is 0 Å². The Bertz CT molecular complexity index is 930. The fraction of sp³-hybridized carbons (Fsp3) is 0.231. The third-order valence-electron chi connectivity index (χ3n) is 5.23. The van der Waals surface area contributed by atoms with Gasteiger partial charge in [0.25, 0.3) is 5.91 Å². The second-order valence-corrected chi connectivity index (χ2v) is 7.31. The lowest BCUT2D eigenvalue weighted by atomic mass is 9.91. The molecule has 0 aliphatic carbocycles. The first-order valence-electron chi connectivity index (χ1n) is 10.3. The smallest absolute Gasteiger partial charge is 0.318 e. The van der Waals surface area contributed by atoms with E-state index in [0.717, 1.165) is 28.8 Å². The Morgan fingerprint density at radius 2 is 1.37 bits per heavy atom. The second-order valence-electron chi connectivity index (χ2n) is 7.31. The number of carbonyl (C=O) groups is 2. The van der Waals surface area contributed by atoms with Crippen LogP contribution in [0.3, 0.4) is 0 Å². The van der Waals surface area contributed by atoms with Crippen molar-refractivity contribution in [2.45, 2.75) is 32.1 Å². The van der Waals surface area contributed by atoms with E-state index < -0.39 is 11.9 Å². The van der Waals surface area contributed by atoms with Crippen LogP contribution < -0.4 is 5.32 Å². The molecule has 0 aliphatic heterocycles. The molecule has 1 amide bonds. The van der Waals surface area contributed by atoms with Crippen molar-refractivity contribution in [1.82, 2.24) is 0 Å². The maximum atomic E-state index is 12.9. The average molecular weight is 402 g/mol. The summed E-state index contributed by atoms with van der Waals surface area (Å²) in [6, 6.07) is 26.6. The highest BCUT2D eigenvalue weighted by molar-refractivity contribution is 5.94. The van der Waals surface area contributed by atoms with E-state index in [4.69, 9.17) is 4.74 Å². The van der Waals surface area contributed by atoms with Gasteiger partial charge in [-0.05, 0) is 35.1 Å². The molecule has 0 heterocycles. The van der Waals surface area contributed by atoms with Gasteiger partial charge in [0.05, 0.1) is 0 Å². The van der Waals surface area contributed by atoms with Crippen molar-refractivity contribution in [1.29, 1.82) is 0 Å². The zero-order valence-corrected chi connectivity index (χ0v) is 17.4. The molecule has 1 N–H and O–H groups in total. The molecule has 0 bridgehead atoms. The number of carbonyl (C=O) groups excluding carboxylic acids is 2. The van der Waals surface area contributed by atoms with E-state index in [-0.39, 0.29) is 12.5 Å². The van der Waals surface area contributed by atoms with Gasteiger partial charge < -0.3 is 10.1 Å². The Kier molecular flexibility index (Phi) is 7.39. The molecule has 1 atom stereocenters. The van der Waals surface area contributed by atoms with Gasteiger partial charge in [0.15, 0.2) is 6.61 Å². The Labute approximate surface area is 177 Å². The van der Waals surface area contributed by atoms with Crippen molar-refractivity contribution >= 4 is 17.6 Å². The van der Waals surface area contributed by atoms with Gasteiger partial charge in [-0.3, -0.25) is 9.59 Å². The number of para-hydroxylation sites is 1. The molecule has 1 unspecified atom stereocenters. The average Bonchev–Trinajstić information content (AvgIpc) is 2.79. The number of benzene rings is 3. The highest BCUT2D eigenvalue weighted by Crippen LogP contribution is 2.27. The molecule has 0 aromatic heterocycles. The summed E-state index contributed by atoms with van der Waals surface area (Å²) >= 11 is 0. The van der Waals surface area contributed by atoms with E-state index >= 15 is 0 Å². The molecule has 0 spiro atoms. The third-order valence-corrected chi connectivity index (χ3v) is 5.23. The molecule has 0 saturated heterocycles. The standard InChI is InChI=1S/C26H27NO3/c1-3-19(2)22-16-10-11-17-23(22)27-24(28)18-30-26(29)25(20-12-6-4-7-13-20)21-14-8-5-9-15-21/h4-17,19,25H,3,18H2,1-2H3,(H,27,28). The predicted molar refractivity (Wildman–Crippen MR) is 119 cm³/mol. The Hall–Kier alpha value is -3.40. The van der Waals surface area contributed by atoms with Gasteiger partial charge in [-0.1, -0.05) is 92.7 Å². The molecule has 4 heteroatoms. The monoisotopic (exact) mass is 401 g/mol. The molecule has 3 rings (SSSR count). The molecule has 0 saturated carbocycles. The highest BCUT2D eigenvalue weighted by Gasteiger charge is 2.25. The summed E-state index contributed by atoms with van der Waals surface area (Å²) in [6.07, 6.45) is 0.970. The molecule has 0 fully saturated rings. The summed E-state index contributed by atoms with van der Waals surface area (Å²) in [5.74, 6) is -1.05. The first-order valence-corrected chi connectivity index (χ1v) is 10.3. The molecule has 4 nitrogen and oxygen atoms in total. The maximum Gasteiger partial charge on any atom is 0.318 e. The fourth-order valence-corrected chi connectivity index (χ4v) is 3.42. The molecule has 154 valence electrons. The summed E-state index contributed by atoms with van der Waals surface area (Å²) in [7, 11) is 0. The molecule has 30 heavy (non-hydrogen) atoms. The summed E-state index contributed by atoms with van der Waals surface area (Å²) in [5, 5.41) is 2.88. The van der Waals surface area contributed by atoms with Crippen molar-refractivity contribution in [3.05, 3.63) is 102 Å². The first-order chi connectivity index (χ1) is 14.6. The van der Waals surface area contributed by atoms with E-state index in [1.54, 1.807) is 0 Å². The minimum absolute atomic E-state index is 0.324. The zero-order valence-electron chi connectivity index (χ0n) is 17.4. The first kappa shape index (κ1) is 21.3. The number of hydrogen-bond acceptors (Lipinski definition) is 3. The summed E-state index contributed by atoms with van der Waals surface area (Å²) in [5.41, 5.74) is 3.49. The van der Waals surface area contributed by atoms with Crippen LogP contribution in [0.2, 0.25) is 0 Å². The van der Waals surface area contributed by atoms with Crippen molar-refractivity contribution in [3.8, 4) is 0 Å². The Balaban J connectivity index is 1.70. The van der Waals surface area contributed by atoms with Crippen LogP contribution in [0.5, 0.6) is 0 Å².